The third-order valence-corrected chi connectivity index (χ3v) is 7.48. The molecule has 37 heavy (non-hydrogen) atoms. The molecule has 2 saturated carbocycles. The first kappa shape index (κ1) is 36.8. The second kappa shape index (κ2) is 18.8. The molecule has 4 nitrogen and oxygen atoms in total. The van der Waals surface area contributed by atoms with Crippen molar-refractivity contribution in [3.63, 3.8) is 0 Å². The lowest BCUT2D eigenvalue weighted by molar-refractivity contribution is -0.134. The number of hydrogen-bond acceptors (Lipinski definition) is 4. The zero-order valence-corrected chi connectivity index (χ0v) is 24.2. The van der Waals surface area contributed by atoms with Gasteiger partial charge in [0.1, 0.15) is 5.60 Å². The highest BCUT2D eigenvalue weighted by molar-refractivity contribution is 5.86. The summed E-state index contributed by atoms with van der Waals surface area (Å²) in [4.78, 5) is 12.0. The number of Topliss-reactive ketones (excluding diaryl/α,β-unsaturated/α-hetero) is 1. The van der Waals surface area contributed by atoms with Crippen LogP contribution in [0.1, 0.15) is 98.8 Å². The lowest BCUT2D eigenvalue weighted by Gasteiger charge is -2.41. The van der Waals surface area contributed by atoms with Gasteiger partial charge in [0.25, 0.3) is 0 Å². The Kier molecular flexibility index (Phi) is 18.7. The third-order valence-electron chi connectivity index (χ3n) is 7.48. The quantitative estimate of drug-likeness (QED) is 0.273. The van der Waals surface area contributed by atoms with Crippen LogP contribution in [0.3, 0.4) is 0 Å². The molecule has 0 radical (unpaired) electrons. The molecule has 0 aliphatic heterocycles. The van der Waals surface area contributed by atoms with Crippen LogP contribution in [0.2, 0.25) is 0 Å². The molecule has 3 N–H and O–H groups in total. The monoisotopic (exact) mass is 512 g/mol. The Hall–Kier alpha value is -2.37. The van der Waals surface area contributed by atoms with Gasteiger partial charge < -0.3 is 15.3 Å². The van der Waals surface area contributed by atoms with Crippen LogP contribution in [-0.4, -0.2) is 39.9 Å². The van der Waals surface area contributed by atoms with Crippen molar-refractivity contribution in [3.8, 4) is 25.7 Å². The molecule has 0 aromatic carbocycles. The summed E-state index contributed by atoms with van der Waals surface area (Å²) in [6, 6.07) is 0. The van der Waals surface area contributed by atoms with Crippen LogP contribution in [0.5, 0.6) is 0 Å². The molecule has 3 atom stereocenters. The maximum Gasteiger partial charge on any atom is 0.163 e. The van der Waals surface area contributed by atoms with Gasteiger partial charge in [-0.05, 0) is 94.1 Å². The molecule has 0 amide bonds. The zero-order valence-electron chi connectivity index (χ0n) is 24.2. The first-order chi connectivity index (χ1) is 17.6. The second-order valence-electron chi connectivity index (χ2n) is 9.99. The number of carbonyl (C=O) groups excluding carboxylic acids is 1. The summed E-state index contributed by atoms with van der Waals surface area (Å²) in [7, 11) is 1.00. The smallest absolute Gasteiger partial charge is 0.163 e. The fraction of sp³-hybridized carbons (Fsp3) is 0.606. The molecule has 0 aromatic heterocycles. The number of hydrogen-bond donors (Lipinski definition) is 3. The fourth-order valence-corrected chi connectivity index (χ4v) is 5.47. The van der Waals surface area contributed by atoms with Crippen LogP contribution in [0.25, 0.3) is 0 Å². The lowest BCUT2D eigenvalue weighted by atomic mass is 9.63. The van der Waals surface area contributed by atoms with Gasteiger partial charge >= 0.3 is 0 Å². The van der Waals surface area contributed by atoms with E-state index in [1.807, 2.05) is 13.8 Å². The number of terminal acetylenes is 2. The van der Waals surface area contributed by atoms with Gasteiger partial charge in [0.05, 0.1) is 6.10 Å². The van der Waals surface area contributed by atoms with Gasteiger partial charge in [-0.15, -0.1) is 25.7 Å². The summed E-state index contributed by atoms with van der Waals surface area (Å²) >= 11 is 0. The minimum absolute atomic E-state index is 0.0662. The van der Waals surface area contributed by atoms with E-state index >= 15 is 0 Å². The van der Waals surface area contributed by atoms with E-state index in [0.717, 1.165) is 57.6 Å². The predicted octanol–water partition coefficient (Wildman–Crippen LogP) is 6.72. The molecule has 0 bridgehead atoms. The lowest BCUT2D eigenvalue weighted by Crippen LogP contribution is -2.32. The minimum atomic E-state index is -1.22. The second-order valence-corrected chi connectivity index (χ2v) is 9.99. The fourth-order valence-electron chi connectivity index (χ4n) is 5.47. The highest BCUT2D eigenvalue weighted by Gasteiger charge is 2.44. The summed E-state index contributed by atoms with van der Waals surface area (Å²) in [6.45, 7) is 13.7. The molecule has 0 aromatic rings. The summed E-state index contributed by atoms with van der Waals surface area (Å²) < 4.78 is 0. The number of fused-ring (bicyclic) bond motifs is 1. The topological polar surface area (TPSA) is 77.8 Å². The molecule has 2 fully saturated rings. The first-order valence-electron chi connectivity index (χ1n) is 13.5. The Balaban J connectivity index is 0. The summed E-state index contributed by atoms with van der Waals surface area (Å²) in [5.74, 6) is 0.485. The number of ketones is 1. The van der Waals surface area contributed by atoms with E-state index in [4.69, 9.17) is 5.11 Å². The predicted molar refractivity (Wildman–Crippen MR) is 158 cm³/mol. The third kappa shape index (κ3) is 10.5. The normalized spacial score (nSPS) is 26.4. The van der Waals surface area contributed by atoms with Gasteiger partial charge in [-0.3, -0.25) is 4.79 Å². The van der Waals surface area contributed by atoms with Crippen molar-refractivity contribution >= 4 is 5.78 Å². The molecular formula is C33H52O4. The van der Waals surface area contributed by atoms with Crippen LogP contribution in [0.15, 0.2) is 47.1 Å². The molecule has 0 spiro atoms. The summed E-state index contributed by atoms with van der Waals surface area (Å²) in [5, 5.41) is 26.9. The first-order valence-corrected chi connectivity index (χ1v) is 13.5. The number of allylic oxidation sites excluding steroid dienone is 5. The number of aliphatic hydroxyl groups is 3. The maximum absolute atomic E-state index is 12.0. The minimum Gasteiger partial charge on any atom is -0.400 e. The molecule has 3 rings (SSSR count). The van der Waals surface area contributed by atoms with Crippen molar-refractivity contribution in [2.45, 2.75) is 111 Å². The highest BCUT2D eigenvalue weighted by Crippen LogP contribution is 2.55. The van der Waals surface area contributed by atoms with Crippen LogP contribution in [0.4, 0.5) is 0 Å². The number of carbonyl (C=O) groups is 1. The van der Waals surface area contributed by atoms with E-state index in [9.17, 15) is 15.0 Å². The van der Waals surface area contributed by atoms with E-state index in [1.165, 1.54) is 29.6 Å². The molecule has 1 unspecified atom stereocenters. The van der Waals surface area contributed by atoms with Gasteiger partial charge in [-0.2, -0.15) is 0 Å². The number of aliphatic hydroxyl groups excluding tert-OH is 2. The standard InChI is InChI=1S/C26H38O3.C2H6.2C2H2.CH4O/c1-18-19(8-5-11-23(18)27)13-14-20-9-7-17-26(4)21(15-16-22(20)26)10-6-12-24(28)25(2,3)29;4*1-2/h13-15,22-23,27,29H,1,5-12,16-17H2,2-4H3;1-2H3;2*1-2H;2H,1H3/b19-13-,20-14+;;;;/t22?,23-,26+;;;;/m0..../s1. The van der Waals surface area contributed by atoms with Crippen molar-refractivity contribution in [2.75, 3.05) is 7.11 Å². The van der Waals surface area contributed by atoms with Gasteiger partial charge in [0.15, 0.2) is 5.78 Å². The average molecular weight is 513 g/mol. The average Bonchev–Trinajstić information content (AvgIpc) is 3.25. The van der Waals surface area contributed by atoms with Crippen molar-refractivity contribution in [1.82, 2.24) is 0 Å². The van der Waals surface area contributed by atoms with Gasteiger partial charge in [0, 0.05) is 13.5 Å². The van der Waals surface area contributed by atoms with Gasteiger partial charge in [-0.1, -0.05) is 56.7 Å². The van der Waals surface area contributed by atoms with Crippen molar-refractivity contribution in [1.29, 1.82) is 0 Å². The Morgan fingerprint density at radius 3 is 2.30 bits per heavy atom. The SMILES string of the molecule is C#C.C#C.C=C1/C(=C\C=C2/CCC[C@]3(C)C(CCCC(=O)C(C)(C)O)=CCC23)CCC[C@@H]1O.CC.CO. The van der Waals surface area contributed by atoms with E-state index in [1.54, 1.807) is 13.8 Å². The molecule has 4 heteroatoms. The summed E-state index contributed by atoms with van der Waals surface area (Å²) in [6.07, 6.45) is 32.3. The maximum atomic E-state index is 12.0. The van der Waals surface area contributed by atoms with E-state index < -0.39 is 5.60 Å². The van der Waals surface area contributed by atoms with Crippen molar-refractivity contribution < 1.29 is 20.1 Å². The molecular weight excluding hydrogens is 460 g/mol. The Morgan fingerprint density at radius 1 is 1.14 bits per heavy atom. The molecule has 208 valence electrons. The molecule has 0 heterocycles. The van der Waals surface area contributed by atoms with Crippen molar-refractivity contribution in [2.24, 2.45) is 11.3 Å². The highest BCUT2D eigenvalue weighted by atomic mass is 16.3. The largest absolute Gasteiger partial charge is 0.400 e. The van der Waals surface area contributed by atoms with Gasteiger partial charge in [-0.25, -0.2) is 0 Å². The Morgan fingerprint density at radius 2 is 1.73 bits per heavy atom. The zero-order chi connectivity index (χ0) is 29.2. The molecule has 3 aliphatic carbocycles. The summed E-state index contributed by atoms with van der Waals surface area (Å²) in [5.41, 5.74) is 4.11. The van der Waals surface area contributed by atoms with E-state index in [2.05, 4.69) is 57.4 Å². The van der Waals surface area contributed by atoms with Crippen LogP contribution in [0, 0.1) is 37.0 Å². The number of rotatable bonds is 6. The van der Waals surface area contributed by atoms with E-state index in [0.29, 0.717) is 12.3 Å². The van der Waals surface area contributed by atoms with Crippen LogP contribution in [-0.2, 0) is 4.79 Å². The molecule has 0 saturated heterocycles. The van der Waals surface area contributed by atoms with E-state index in [-0.39, 0.29) is 17.3 Å². The molecule has 3 aliphatic rings. The van der Waals surface area contributed by atoms with Crippen LogP contribution >= 0.6 is 0 Å². The Bertz CT molecular complexity index is 825. The van der Waals surface area contributed by atoms with Gasteiger partial charge in [0.2, 0.25) is 0 Å². The van der Waals surface area contributed by atoms with Crippen molar-refractivity contribution in [3.05, 3.63) is 47.1 Å². The Labute approximate surface area is 227 Å². The van der Waals surface area contributed by atoms with Crippen LogP contribution < -0.4 is 0 Å².